The Kier molecular flexibility index (Phi) is 5.03. The average molecular weight is 270 g/mol. The Hall–Kier alpha value is -1.22. The van der Waals surface area contributed by atoms with E-state index in [0.717, 1.165) is 11.3 Å². The lowest BCUT2D eigenvalue weighted by atomic mass is 10.0. The van der Waals surface area contributed by atoms with Gasteiger partial charge >= 0.3 is 0 Å². The first kappa shape index (κ1) is 14.8. The molecule has 100 valence electrons. The molecule has 0 radical (unpaired) electrons. The quantitative estimate of drug-likeness (QED) is 0.835. The number of para-hydroxylation sites is 1. The van der Waals surface area contributed by atoms with Crippen LogP contribution in [-0.2, 0) is 11.2 Å². The van der Waals surface area contributed by atoms with Gasteiger partial charge < -0.3 is 10.1 Å². The van der Waals surface area contributed by atoms with Crippen LogP contribution < -0.4 is 10.1 Å². The highest BCUT2D eigenvalue weighted by Gasteiger charge is 2.26. The molecule has 4 heteroatoms. The Morgan fingerprint density at radius 1 is 1.44 bits per heavy atom. The summed E-state index contributed by atoms with van der Waals surface area (Å²) in [5, 5.41) is 2.79. The van der Waals surface area contributed by atoms with E-state index < -0.39 is 5.54 Å². The molecule has 0 aliphatic rings. The lowest BCUT2D eigenvalue weighted by molar-refractivity contribution is -0.122. The molecule has 1 unspecified atom stereocenters. The molecule has 0 heterocycles. The van der Waals surface area contributed by atoms with Crippen molar-refractivity contribution in [2.75, 3.05) is 7.11 Å². The van der Waals surface area contributed by atoms with E-state index in [1.807, 2.05) is 45.0 Å². The molecule has 0 spiro atoms. The van der Waals surface area contributed by atoms with Crippen molar-refractivity contribution < 1.29 is 9.53 Å². The molecule has 1 rings (SSSR count). The van der Waals surface area contributed by atoms with Crippen molar-refractivity contribution in [3.63, 3.8) is 0 Å². The standard InChI is InChI=1S/C14H20ClNO2/c1-10(15)14(2,3)16-13(17)9-11-7-5-6-8-12(11)18-4/h5-8,10H,9H2,1-4H3,(H,16,17). The summed E-state index contributed by atoms with van der Waals surface area (Å²) in [6.07, 6.45) is 0.289. The second-order valence-electron chi connectivity index (χ2n) is 4.87. The minimum Gasteiger partial charge on any atom is -0.496 e. The normalized spacial score (nSPS) is 12.9. The van der Waals surface area contributed by atoms with Crippen LogP contribution in [0.15, 0.2) is 24.3 Å². The van der Waals surface area contributed by atoms with E-state index >= 15 is 0 Å². The van der Waals surface area contributed by atoms with Crippen molar-refractivity contribution in [1.82, 2.24) is 5.32 Å². The van der Waals surface area contributed by atoms with Gasteiger partial charge in [-0.1, -0.05) is 18.2 Å². The molecular formula is C14H20ClNO2. The highest BCUT2D eigenvalue weighted by atomic mass is 35.5. The molecular weight excluding hydrogens is 250 g/mol. The molecule has 1 atom stereocenters. The van der Waals surface area contributed by atoms with Gasteiger partial charge in [0.2, 0.25) is 5.91 Å². The van der Waals surface area contributed by atoms with Gasteiger partial charge in [-0.2, -0.15) is 0 Å². The van der Waals surface area contributed by atoms with Gasteiger partial charge in [0.15, 0.2) is 0 Å². The van der Waals surface area contributed by atoms with E-state index in [9.17, 15) is 4.79 Å². The summed E-state index contributed by atoms with van der Waals surface area (Å²) < 4.78 is 5.22. The first-order valence-electron chi connectivity index (χ1n) is 5.94. The minimum absolute atomic E-state index is 0.0583. The largest absolute Gasteiger partial charge is 0.496 e. The van der Waals surface area contributed by atoms with Gasteiger partial charge in [-0.25, -0.2) is 0 Å². The van der Waals surface area contributed by atoms with E-state index in [1.54, 1.807) is 7.11 Å². The monoisotopic (exact) mass is 269 g/mol. The summed E-state index contributed by atoms with van der Waals surface area (Å²) in [5.41, 5.74) is 0.441. The van der Waals surface area contributed by atoms with Gasteiger partial charge in [0, 0.05) is 5.56 Å². The number of nitrogens with one attached hydrogen (secondary N) is 1. The molecule has 18 heavy (non-hydrogen) atoms. The highest BCUT2D eigenvalue weighted by Crippen LogP contribution is 2.19. The molecule has 1 aromatic carbocycles. The van der Waals surface area contributed by atoms with Gasteiger partial charge in [0.25, 0.3) is 0 Å². The summed E-state index contributed by atoms with van der Waals surface area (Å²) in [6.45, 7) is 5.68. The van der Waals surface area contributed by atoms with Crippen LogP contribution in [0.3, 0.4) is 0 Å². The third-order valence-corrected chi connectivity index (χ3v) is 3.55. The van der Waals surface area contributed by atoms with Gasteiger partial charge in [-0.15, -0.1) is 11.6 Å². The number of benzene rings is 1. The number of halogens is 1. The fourth-order valence-electron chi connectivity index (χ4n) is 1.52. The van der Waals surface area contributed by atoms with Crippen molar-refractivity contribution in [3.05, 3.63) is 29.8 Å². The summed E-state index contributed by atoms with van der Waals surface area (Å²) in [4.78, 5) is 12.0. The van der Waals surface area contributed by atoms with Crippen LogP contribution in [0.2, 0.25) is 0 Å². The SMILES string of the molecule is COc1ccccc1CC(=O)NC(C)(C)C(C)Cl. The fraction of sp³-hybridized carbons (Fsp3) is 0.500. The number of methoxy groups -OCH3 is 1. The number of amides is 1. The molecule has 0 aromatic heterocycles. The smallest absolute Gasteiger partial charge is 0.225 e. The zero-order chi connectivity index (χ0) is 13.8. The van der Waals surface area contributed by atoms with E-state index in [2.05, 4.69) is 5.32 Å². The predicted octanol–water partition coefficient (Wildman–Crippen LogP) is 2.76. The van der Waals surface area contributed by atoms with E-state index in [4.69, 9.17) is 16.3 Å². The van der Waals surface area contributed by atoms with E-state index in [1.165, 1.54) is 0 Å². The lowest BCUT2D eigenvalue weighted by Crippen LogP contribution is -2.49. The van der Waals surface area contributed by atoms with Crippen LogP contribution in [0.5, 0.6) is 5.75 Å². The Morgan fingerprint density at radius 3 is 2.61 bits per heavy atom. The molecule has 0 fully saturated rings. The molecule has 0 saturated heterocycles. The average Bonchev–Trinajstić information content (AvgIpc) is 2.28. The van der Waals surface area contributed by atoms with E-state index in [0.29, 0.717) is 0 Å². The fourth-order valence-corrected chi connectivity index (χ4v) is 1.58. The maximum atomic E-state index is 12.0. The number of hydrogen-bond donors (Lipinski definition) is 1. The number of rotatable bonds is 5. The molecule has 0 saturated carbocycles. The summed E-state index contributed by atoms with van der Waals surface area (Å²) in [7, 11) is 1.60. The summed E-state index contributed by atoms with van der Waals surface area (Å²) in [5.74, 6) is 0.668. The Morgan fingerprint density at radius 2 is 2.06 bits per heavy atom. The predicted molar refractivity (Wildman–Crippen MR) is 74.2 cm³/mol. The van der Waals surface area contributed by atoms with Crippen LogP contribution in [0.1, 0.15) is 26.3 Å². The Labute approximate surface area is 113 Å². The Balaban J connectivity index is 2.71. The molecule has 3 nitrogen and oxygen atoms in total. The van der Waals surface area contributed by atoms with Crippen molar-refractivity contribution >= 4 is 17.5 Å². The maximum absolute atomic E-state index is 12.0. The molecule has 1 amide bonds. The molecule has 0 bridgehead atoms. The Bertz CT molecular complexity index is 416. The second kappa shape index (κ2) is 6.10. The van der Waals surface area contributed by atoms with Crippen molar-refractivity contribution in [1.29, 1.82) is 0 Å². The van der Waals surface area contributed by atoms with Crippen LogP contribution in [-0.4, -0.2) is 23.9 Å². The minimum atomic E-state index is -0.430. The third kappa shape index (κ3) is 3.91. The van der Waals surface area contributed by atoms with Gasteiger partial charge in [0.05, 0.1) is 24.4 Å². The highest BCUT2D eigenvalue weighted by molar-refractivity contribution is 6.21. The molecule has 1 aromatic rings. The maximum Gasteiger partial charge on any atom is 0.225 e. The van der Waals surface area contributed by atoms with Crippen LogP contribution in [0.25, 0.3) is 0 Å². The van der Waals surface area contributed by atoms with Crippen LogP contribution in [0, 0.1) is 0 Å². The zero-order valence-electron chi connectivity index (χ0n) is 11.3. The van der Waals surface area contributed by atoms with Crippen LogP contribution >= 0.6 is 11.6 Å². The van der Waals surface area contributed by atoms with Gasteiger partial charge in [-0.3, -0.25) is 4.79 Å². The number of alkyl halides is 1. The second-order valence-corrected chi connectivity index (χ2v) is 5.53. The summed E-state index contributed by atoms with van der Waals surface area (Å²) >= 11 is 6.04. The molecule has 0 aliphatic carbocycles. The molecule has 1 N–H and O–H groups in total. The van der Waals surface area contributed by atoms with Crippen molar-refractivity contribution in [2.45, 2.75) is 38.1 Å². The molecule has 0 aliphatic heterocycles. The number of hydrogen-bond acceptors (Lipinski definition) is 2. The zero-order valence-corrected chi connectivity index (χ0v) is 12.0. The van der Waals surface area contributed by atoms with Gasteiger partial charge in [-0.05, 0) is 26.8 Å². The number of carbonyl (C=O) groups is 1. The lowest BCUT2D eigenvalue weighted by Gasteiger charge is -2.29. The summed E-state index contributed by atoms with van der Waals surface area (Å²) in [6, 6.07) is 7.50. The van der Waals surface area contributed by atoms with E-state index in [-0.39, 0.29) is 17.7 Å². The topological polar surface area (TPSA) is 38.3 Å². The van der Waals surface area contributed by atoms with Crippen LogP contribution in [0.4, 0.5) is 0 Å². The first-order chi connectivity index (χ1) is 8.36. The third-order valence-electron chi connectivity index (χ3n) is 3.00. The van der Waals surface area contributed by atoms with Crippen molar-refractivity contribution in [3.8, 4) is 5.75 Å². The first-order valence-corrected chi connectivity index (χ1v) is 6.37. The number of carbonyl (C=O) groups excluding carboxylic acids is 1. The number of ether oxygens (including phenoxy) is 1. The van der Waals surface area contributed by atoms with Crippen molar-refractivity contribution in [2.24, 2.45) is 0 Å². The van der Waals surface area contributed by atoms with Gasteiger partial charge in [0.1, 0.15) is 5.75 Å².